The average Bonchev–Trinajstić information content (AvgIpc) is 3.58. The zero-order valence-electron chi connectivity index (χ0n) is 16.9. The highest BCUT2D eigenvalue weighted by atomic mass is 16.5. The second-order valence-electron chi connectivity index (χ2n) is 7.38. The minimum absolute atomic E-state index is 0.359. The monoisotopic (exact) mass is 382 g/mol. The van der Waals surface area contributed by atoms with Gasteiger partial charge < -0.3 is 14.8 Å². The van der Waals surface area contributed by atoms with E-state index in [-0.39, 0.29) is 5.97 Å². The molecule has 0 bridgehead atoms. The van der Waals surface area contributed by atoms with E-state index >= 15 is 0 Å². The fourth-order valence-corrected chi connectivity index (χ4v) is 3.43. The van der Waals surface area contributed by atoms with Crippen molar-refractivity contribution in [3.05, 3.63) is 53.3 Å². The molecular weight excluding hydrogens is 352 g/mol. The maximum Gasteiger partial charge on any atom is 0.340 e. The van der Waals surface area contributed by atoms with E-state index in [1.54, 1.807) is 31.1 Å². The summed E-state index contributed by atoms with van der Waals surface area (Å²) in [6.45, 7) is 0.906. The van der Waals surface area contributed by atoms with E-state index in [1.165, 1.54) is 57.6 Å². The van der Waals surface area contributed by atoms with Gasteiger partial charge in [-0.1, -0.05) is 18.9 Å². The van der Waals surface area contributed by atoms with Gasteiger partial charge in [0.15, 0.2) is 0 Å². The molecule has 0 amide bonds. The molecule has 150 valence electrons. The zero-order valence-corrected chi connectivity index (χ0v) is 16.9. The maximum absolute atomic E-state index is 11.1. The molecule has 1 heterocycles. The van der Waals surface area contributed by atoms with Crippen LogP contribution in [0.2, 0.25) is 0 Å². The number of esters is 1. The number of ether oxygens (including phenoxy) is 2. The van der Waals surface area contributed by atoms with Gasteiger partial charge in [0.05, 0.1) is 31.2 Å². The largest absolute Gasteiger partial charge is 0.494 e. The van der Waals surface area contributed by atoms with Crippen LogP contribution in [0.25, 0.3) is 0 Å². The van der Waals surface area contributed by atoms with Crippen molar-refractivity contribution in [3.63, 3.8) is 0 Å². The third-order valence-corrected chi connectivity index (χ3v) is 5.31. The first-order chi connectivity index (χ1) is 13.7. The Morgan fingerprint density at radius 3 is 2.68 bits per heavy atom. The number of hydrogen-bond acceptors (Lipinski definition) is 5. The summed E-state index contributed by atoms with van der Waals surface area (Å²) in [5.41, 5.74) is 4.23. The number of methoxy groups -OCH3 is 1. The molecule has 4 rings (SSSR count). The first kappa shape index (κ1) is 20.2. The Morgan fingerprint density at radius 1 is 1.18 bits per heavy atom. The van der Waals surface area contributed by atoms with Crippen molar-refractivity contribution in [2.45, 2.75) is 44.9 Å². The van der Waals surface area contributed by atoms with Gasteiger partial charge in [-0.15, -0.1) is 0 Å². The van der Waals surface area contributed by atoms with Crippen LogP contribution < -0.4 is 10.1 Å². The Morgan fingerprint density at radius 2 is 1.96 bits per heavy atom. The molecule has 28 heavy (non-hydrogen) atoms. The van der Waals surface area contributed by atoms with Crippen LogP contribution in [0.4, 0.5) is 5.69 Å². The molecule has 0 atom stereocenters. The van der Waals surface area contributed by atoms with Crippen molar-refractivity contribution in [2.24, 2.45) is 5.92 Å². The van der Waals surface area contributed by atoms with E-state index < -0.39 is 0 Å². The summed E-state index contributed by atoms with van der Waals surface area (Å²) < 4.78 is 10.4. The summed E-state index contributed by atoms with van der Waals surface area (Å²) in [5, 5.41) is 2.85. The van der Waals surface area contributed by atoms with Gasteiger partial charge in [0.25, 0.3) is 0 Å². The van der Waals surface area contributed by atoms with Gasteiger partial charge >= 0.3 is 5.97 Å². The zero-order chi connectivity index (χ0) is 19.8. The molecule has 1 aromatic carbocycles. The van der Waals surface area contributed by atoms with Crippen LogP contribution in [0.3, 0.4) is 0 Å². The fourth-order valence-electron chi connectivity index (χ4n) is 3.43. The number of rotatable bonds is 6. The van der Waals surface area contributed by atoms with Gasteiger partial charge in [-0.25, -0.2) is 4.79 Å². The van der Waals surface area contributed by atoms with Crippen LogP contribution >= 0.6 is 0 Å². The summed E-state index contributed by atoms with van der Waals surface area (Å²) >= 11 is 0. The lowest BCUT2D eigenvalue weighted by atomic mass is 9.92. The number of benzene rings is 1. The molecule has 2 aliphatic rings. The molecule has 2 aromatic rings. The van der Waals surface area contributed by atoms with Gasteiger partial charge in [-0.3, -0.25) is 4.98 Å². The number of nitrogens with one attached hydrogen (secondary N) is 1. The molecule has 0 radical (unpaired) electrons. The standard InChI is InChI=1S/C15H20O.C8H10N2O2/c1-2-4-14-11-15(8-7-13(14)3-1)16-10-9-12-5-6-12;1-9-7-5-10-4-3-6(7)8(11)12-2/h7-8,11-12H,1-6,9-10H2;3-5,9H,1-2H3. The van der Waals surface area contributed by atoms with Crippen molar-refractivity contribution >= 4 is 11.7 Å². The second-order valence-corrected chi connectivity index (χ2v) is 7.38. The molecule has 0 aliphatic heterocycles. The lowest BCUT2D eigenvalue weighted by Gasteiger charge is -2.16. The average molecular weight is 383 g/mol. The summed E-state index contributed by atoms with van der Waals surface area (Å²) in [4.78, 5) is 15.0. The molecule has 1 fully saturated rings. The number of carbonyl (C=O) groups excluding carboxylic acids is 1. The lowest BCUT2D eigenvalue weighted by Crippen LogP contribution is -2.05. The van der Waals surface area contributed by atoms with Crippen molar-refractivity contribution in [3.8, 4) is 5.75 Å². The van der Waals surface area contributed by atoms with Crippen LogP contribution in [0.15, 0.2) is 36.7 Å². The molecule has 1 aromatic heterocycles. The summed E-state index contributed by atoms with van der Waals surface area (Å²) in [6.07, 6.45) is 12.4. The summed E-state index contributed by atoms with van der Waals surface area (Å²) in [7, 11) is 3.08. The third-order valence-electron chi connectivity index (χ3n) is 5.31. The minimum atomic E-state index is -0.359. The molecule has 5 heteroatoms. The van der Waals surface area contributed by atoms with Gasteiger partial charge in [0.2, 0.25) is 0 Å². The molecule has 5 nitrogen and oxygen atoms in total. The van der Waals surface area contributed by atoms with Crippen LogP contribution in [-0.4, -0.2) is 31.7 Å². The van der Waals surface area contributed by atoms with Crippen LogP contribution in [0.1, 0.15) is 53.6 Å². The van der Waals surface area contributed by atoms with Crippen molar-refractivity contribution < 1.29 is 14.3 Å². The number of carbonyl (C=O) groups is 1. The Kier molecular flexibility index (Phi) is 7.29. The lowest BCUT2D eigenvalue weighted by molar-refractivity contribution is 0.0601. The van der Waals surface area contributed by atoms with E-state index in [2.05, 4.69) is 33.2 Å². The first-order valence-electron chi connectivity index (χ1n) is 10.2. The van der Waals surface area contributed by atoms with Gasteiger partial charge in [-0.2, -0.15) is 0 Å². The Hall–Kier alpha value is -2.56. The van der Waals surface area contributed by atoms with Crippen molar-refractivity contribution in [1.82, 2.24) is 4.98 Å². The predicted molar refractivity (Wildman–Crippen MR) is 111 cm³/mol. The van der Waals surface area contributed by atoms with Crippen molar-refractivity contribution in [2.75, 3.05) is 26.1 Å². The SMILES string of the molecule is CNc1cnccc1C(=O)OC.c1cc2c(cc1OCCC1CC1)CCCC2. The van der Waals surface area contributed by atoms with Crippen LogP contribution in [0.5, 0.6) is 5.75 Å². The molecule has 1 saturated carbocycles. The third kappa shape index (κ3) is 5.72. The molecular formula is C23H30N2O3. The summed E-state index contributed by atoms with van der Waals surface area (Å²) in [6, 6.07) is 8.29. The smallest absolute Gasteiger partial charge is 0.340 e. The van der Waals surface area contributed by atoms with E-state index in [9.17, 15) is 4.79 Å². The highest BCUT2D eigenvalue weighted by Gasteiger charge is 2.20. The quantitative estimate of drug-likeness (QED) is 0.737. The van der Waals surface area contributed by atoms with Gasteiger partial charge in [-0.05, 0) is 67.3 Å². The Bertz CT molecular complexity index is 787. The highest BCUT2D eigenvalue weighted by molar-refractivity contribution is 5.95. The molecule has 0 spiro atoms. The van der Waals surface area contributed by atoms with E-state index in [0.29, 0.717) is 11.3 Å². The van der Waals surface area contributed by atoms with Gasteiger partial charge in [0, 0.05) is 13.2 Å². The van der Waals surface area contributed by atoms with E-state index in [1.807, 2.05) is 0 Å². The number of pyridine rings is 1. The Labute approximate surface area is 167 Å². The molecule has 1 N–H and O–H groups in total. The second kappa shape index (κ2) is 10.1. The number of anilines is 1. The number of nitrogens with zero attached hydrogens (tertiary/aromatic N) is 1. The number of aryl methyl sites for hydroxylation is 2. The number of aromatic nitrogens is 1. The van der Waals surface area contributed by atoms with Crippen molar-refractivity contribution in [1.29, 1.82) is 0 Å². The molecule has 0 unspecified atom stereocenters. The first-order valence-corrected chi connectivity index (χ1v) is 10.2. The summed E-state index contributed by atoms with van der Waals surface area (Å²) in [5.74, 6) is 1.70. The predicted octanol–water partition coefficient (Wildman–Crippen LogP) is 4.65. The fraction of sp³-hybridized carbons (Fsp3) is 0.478. The van der Waals surface area contributed by atoms with Crippen LogP contribution in [0, 0.1) is 5.92 Å². The van der Waals surface area contributed by atoms with Crippen LogP contribution in [-0.2, 0) is 17.6 Å². The van der Waals surface area contributed by atoms with E-state index in [4.69, 9.17) is 4.74 Å². The number of hydrogen-bond donors (Lipinski definition) is 1. The molecule has 2 aliphatic carbocycles. The maximum atomic E-state index is 11.1. The topological polar surface area (TPSA) is 60.5 Å². The number of fused-ring (bicyclic) bond motifs is 1. The van der Waals surface area contributed by atoms with E-state index in [0.717, 1.165) is 18.3 Å². The molecule has 0 saturated heterocycles. The minimum Gasteiger partial charge on any atom is -0.494 e. The normalized spacial score (nSPS) is 14.9. The Balaban J connectivity index is 0.000000169. The van der Waals surface area contributed by atoms with Gasteiger partial charge in [0.1, 0.15) is 5.75 Å². The highest BCUT2D eigenvalue weighted by Crippen LogP contribution is 2.32.